The second-order valence-corrected chi connectivity index (χ2v) is 7.45. The summed E-state index contributed by atoms with van der Waals surface area (Å²) in [5.74, 6) is 0.0391. The molecule has 2 aromatic rings. The molecule has 1 aliphatic carbocycles. The fourth-order valence-corrected chi connectivity index (χ4v) is 4.30. The zero-order valence-corrected chi connectivity index (χ0v) is 14.9. The number of piperazine rings is 1. The number of hydrogen-bond donors (Lipinski definition) is 2. The summed E-state index contributed by atoms with van der Waals surface area (Å²) in [6, 6.07) is 6.35. The quantitative estimate of drug-likeness (QED) is 0.879. The van der Waals surface area contributed by atoms with Gasteiger partial charge in [0.05, 0.1) is 11.0 Å². The molecule has 1 aliphatic heterocycles. The molecule has 2 N–H and O–H groups in total. The van der Waals surface area contributed by atoms with Crippen LogP contribution in [0.25, 0.3) is 11.0 Å². The molecule has 25 heavy (non-hydrogen) atoms. The highest BCUT2D eigenvalue weighted by atomic mass is 16.2. The van der Waals surface area contributed by atoms with Crippen LogP contribution in [-0.2, 0) is 0 Å². The number of fused-ring (bicyclic) bond motifs is 1. The van der Waals surface area contributed by atoms with Crippen molar-refractivity contribution >= 4 is 16.9 Å². The van der Waals surface area contributed by atoms with Gasteiger partial charge >= 0.3 is 5.69 Å². The van der Waals surface area contributed by atoms with Crippen LogP contribution in [0.5, 0.6) is 0 Å². The lowest BCUT2D eigenvalue weighted by Gasteiger charge is -2.38. The van der Waals surface area contributed by atoms with Crippen molar-refractivity contribution in [3.63, 3.8) is 0 Å². The third kappa shape index (κ3) is 2.78. The third-order valence-corrected chi connectivity index (χ3v) is 5.95. The SMILES string of the molecule is CC1NCCN(C(=O)c2ccc3c(c2)[nH]c(=O)n3C2CCCC2)C1C. The van der Waals surface area contributed by atoms with E-state index < -0.39 is 0 Å². The number of rotatable bonds is 2. The van der Waals surface area contributed by atoms with Gasteiger partial charge in [0.1, 0.15) is 0 Å². The molecule has 1 saturated carbocycles. The number of nitrogens with zero attached hydrogens (tertiary/aromatic N) is 2. The first-order valence-corrected chi connectivity index (χ1v) is 9.35. The number of aromatic amines is 1. The fourth-order valence-electron chi connectivity index (χ4n) is 4.30. The van der Waals surface area contributed by atoms with Gasteiger partial charge in [-0.1, -0.05) is 12.8 Å². The van der Waals surface area contributed by atoms with Gasteiger partial charge in [-0.2, -0.15) is 0 Å². The van der Waals surface area contributed by atoms with Crippen molar-refractivity contribution in [3.05, 3.63) is 34.2 Å². The predicted octanol–water partition coefficient (Wildman–Crippen LogP) is 2.27. The van der Waals surface area contributed by atoms with E-state index in [0.29, 0.717) is 12.1 Å². The van der Waals surface area contributed by atoms with Crippen molar-refractivity contribution in [2.24, 2.45) is 0 Å². The Bertz CT molecular complexity index is 847. The van der Waals surface area contributed by atoms with Gasteiger partial charge in [0.25, 0.3) is 5.91 Å². The summed E-state index contributed by atoms with van der Waals surface area (Å²) >= 11 is 0. The third-order valence-electron chi connectivity index (χ3n) is 5.95. The first kappa shape index (κ1) is 16.4. The number of hydrogen-bond acceptors (Lipinski definition) is 3. The lowest BCUT2D eigenvalue weighted by atomic mass is 10.0. The van der Waals surface area contributed by atoms with Gasteiger partial charge in [-0.25, -0.2) is 4.79 Å². The maximum atomic E-state index is 12.9. The second kappa shape index (κ2) is 6.33. The highest BCUT2D eigenvalue weighted by molar-refractivity contribution is 5.97. The Balaban J connectivity index is 1.67. The first-order chi connectivity index (χ1) is 12.1. The average Bonchev–Trinajstić information content (AvgIpc) is 3.22. The molecule has 0 radical (unpaired) electrons. The van der Waals surface area contributed by atoms with Crippen molar-refractivity contribution in [2.75, 3.05) is 13.1 Å². The summed E-state index contributed by atoms with van der Waals surface area (Å²) in [7, 11) is 0. The minimum Gasteiger partial charge on any atom is -0.333 e. The zero-order chi connectivity index (χ0) is 17.6. The number of aromatic nitrogens is 2. The van der Waals surface area contributed by atoms with E-state index in [4.69, 9.17) is 0 Å². The normalized spacial score (nSPS) is 25.0. The molecule has 4 rings (SSSR count). The lowest BCUT2D eigenvalue weighted by molar-refractivity contribution is 0.0603. The molecule has 1 amide bonds. The van der Waals surface area contributed by atoms with E-state index in [1.165, 1.54) is 12.8 Å². The van der Waals surface area contributed by atoms with E-state index in [-0.39, 0.29) is 29.7 Å². The molecule has 1 aromatic carbocycles. The summed E-state index contributed by atoms with van der Waals surface area (Å²) in [4.78, 5) is 30.2. The summed E-state index contributed by atoms with van der Waals surface area (Å²) in [6.45, 7) is 5.70. The molecule has 2 heterocycles. The van der Waals surface area contributed by atoms with Crippen LogP contribution in [-0.4, -0.2) is 45.5 Å². The monoisotopic (exact) mass is 342 g/mol. The number of H-pyrrole nitrogens is 1. The maximum absolute atomic E-state index is 12.9. The van der Waals surface area contributed by atoms with Gasteiger partial charge in [0, 0.05) is 36.8 Å². The molecule has 0 spiro atoms. The Morgan fingerprint density at radius 2 is 1.96 bits per heavy atom. The molecule has 134 valence electrons. The summed E-state index contributed by atoms with van der Waals surface area (Å²) in [5.41, 5.74) is 2.26. The Labute approximate surface area is 147 Å². The van der Waals surface area contributed by atoms with Gasteiger partial charge < -0.3 is 15.2 Å². The molecule has 6 nitrogen and oxygen atoms in total. The van der Waals surface area contributed by atoms with E-state index in [1.807, 2.05) is 27.7 Å². The molecule has 2 fully saturated rings. The number of carbonyl (C=O) groups is 1. The summed E-state index contributed by atoms with van der Waals surface area (Å²) < 4.78 is 1.88. The molecule has 1 saturated heterocycles. The summed E-state index contributed by atoms with van der Waals surface area (Å²) in [6.07, 6.45) is 4.48. The smallest absolute Gasteiger partial charge is 0.326 e. The number of carbonyl (C=O) groups excluding carboxylic acids is 1. The standard InChI is InChI=1S/C19H26N4O2/c1-12-13(2)22(10-9-20-12)18(24)14-7-8-17-16(11-14)21-19(25)23(17)15-5-3-4-6-15/h7-8,11-13,15,20H,3-6,9-10H2,1-2H3,(H,21,25). The van der Waals surface area contributed by atoms with Crippen LogP contribution in [0.15, 0.2) is 23.0 Å². The van der Waals surface area contributed by atoms with Crippen LogP contribution in [0, 0.1) is 0 Å². The number of imidazole rings is 1. The molecule has 2 aliphatic rings. The Morgan fingerprint density at radius 1 is 1.20 bits per heavy atom. The zero-order valence-electron chi connectivity index (χ0n) is 14.9. The Kier molecular flexibility index (Phi) is 4.15. The van der Waals surface area contributed by atoms with Crippen molar-refractivity contribution < 1.29 is 4.79 Å². The average molecular weight is 342 g/mol. The van der Waals surface area contributed by atoms with E-state index in [2.05, 4.69) is 24.1 Å². The van der Waals surface area contributed by atoms with Crippen LogP contribution in [0.3, 0.4) is 0 Å². The van der Waals surface area contributed by atoms with Crippen molar-refractivity contribution in [1.82, 2.24) is 19.8 Å². The highest BCUT2D eigenvalue weighted by Gasteiger charge is 2.29. The highest BCUT2D eigenvalue weighted by Crippen LogP contribution is 2.31. The van der Waals surface area contributed by atoms with Gasteiger partial charge in [-0.05, 0) is 44.9 Å². The summed E-state index contributed by atoms with van der Waals surface area (Å²) in [5, 5.41) is 3.39. The van der Waals surface area contributed by atoms with Crippen LogP contribution >= 0.6 is 0 Å². The number of benzene rings is 1. The number of amides is 1. The van der Waals surface area contributed by atoms with Crippen LogP contribution in [0.1, 0.15) is 55.9 Å². The molecule has 2 unspecified atom stereocenters. The van der Waals surface area contributed by atoms with Gasteiger partial charge in [-0.15, -0.1) is 0 Å². The molecular formula is C19H26N4O2. The fraction of sp³-hybridized carbons (Fsp3) is 0.579. The van der Waals surface area contributed by atoms with Gasteiger partial charge in [-0.3, -0.25) is 9.36 Å². The molecule has 1 aromatic heterocycles. The van der Waals surface area contributed by atoms with Crippen LogP contribution < -0.4 is 11.0 Å². The molecule has 2 atom stereocenters. The minimum absolute atomic E-state index is 0.0391. The minimum atomic E-state index is -0.0596. The van der Waals surface area contributed by atoms with Gasteiger partial charge in [0.2, 0.25) is 0 Å². The molecule has 0 bridgehead atoms. The van der Waals surface area contributed by atoms with Crippen LogP contribution in [0.4, 0.5) is 0 Å². The Morgan fingerprint density at radius 3 is 2.72 bits per heavy atom. The van der Waals surface area contributed by atoms with Crippen molar-refractivity contribution in [2.45, 2.75) is 57.7 Å². The largest absolute Gasteiger partial charge is 0.333 e. The predicted molar refractivity (Wildman–Crippen MR) is 98.0 cm³/mol. The van der Waals surface area contributed by atoms with E-state index in [0.717, 1.165) is 30.4 Å². The molecular weight excluding hydrogens is 316 g/mol. The van der Waals surface area contributed by atoms with E-state index >= 15 is 0 Å². The van der Waals surface area contributed by atoms with E-state index in [9.17, 15) is 9.59 Å². The topological polar surface area (TPSA) is 70.1 Å². The number of nitrogens with one attached hydrogen (secondary N) is 2. The van der Waals surface area contributed by atoms with E-state index in [1.54, 1.807) is 0 Å². The van der Waals surface area contributed by atoms with Crippen LogP contribution in [0.2, 0.25) is 0 Å². The first-order valence-electron chi connectivity index (χ1n) is 9.35. The van der Waals surface area contributed by atoms with Crippen molar-refractivity contribution in [1.29, 1.82) is 0 Å². The Hall–Kier alpha value is -2.08. The maximum Gasteiger partial charge on any atom is 0.326 e. The second-order valence-electron chi connectivity index (χ2n) is 7.45. The van der Waals surface area contributed by atoms with Gasteiger partial charge in [0.15, 0.2) is 0 Å². The lowest BCUT2D eigenvalue weighted by Crippen LogP contribution is -2.57. The van der Waals surface area contributed by atoms with Crippen molar-refractivity contribution in [3.8, 4) is 0 Å². The molecule has 6 heteroatoms.